The van der Waals surface area contributed by atoms with Gasteiger partial charge in [-0.15, -0.1) is 0 Å². The third-order valence-corrected chi connectivity index (χ3v) is 15.2. The maximum Gasteiger partial charge on any atom is 0.0595 e. The molecule has 0 aromatic rings. The van der Waals surface area contributed by atoms with Crippen LogP contribution >= 0.6 is 0 Å². The van der Waals surface area contributed by atoms with Crippen molar-refractivity contribution < 1.29 is 0 Å². The van der Waals surface area contributed by atoms with E-state index in [0.29, 0.717) is 0 Å². The Bertz CT molecular complexity index is 295. The van der Waals surface area contributed by atoms with E-state index in [0.717, 1.165) is 5.04 Å². The Kier molecular flexibility index (Phi) is 12.5. The zero-order valence-electron chi connectivity index (χ0n) is 18.4. The van der Waals surface area contributed by atoms with Crippen LogP contribution in [0.4, 0.5) is 0 Å². The van der Waals surface area contributed by atoms with Crippen LogP contribution in [0.1, 0.15) is 130 Å². The largest absolute Gasteiger partial charge is 0.0678 e. The minimum absolute atomic E-state index is 0.759. The van der Waals surface area contributed by atoms with E-state index in [1.807, 2.05) is 0 Å². The van der Waals surface area contributed by atoms with Gasteiger partial charge >= 0.3 is 0 Å². The average molecular weight is 367 g/mol. The first-order chi connectivity index (χ1) is 12.2. The Hall–Kier alpha value is 0.217. The van der Waals surface area contributed by atoms with E-state index in [1.165, 1.54) is 83.5 Å². The van der Waals surface area contributed by atoms with Gasteiger partial charge in [0.15, 0.2) is 0 Å². The lowest BCUT2D eigenvalue weighted by Gasteiger charge is -2.50. The fraction of sp³-hybridized carbons (Fsp3) is 1.00. The molecule has 0 saturated carbocycles. The molecule has 1 fully saturated rings. The summed E-state index contributed by atoms with van der Waals surface area (Å²) in [7, 11) is -1.13. The van der Waals surface area contributed by atoms with Crippen LogP contribution in [0.3, 0.4) is 0 Å². The lowest BCUT2D eigenvalue weighted by Crippen LogP contribution is -2.47. The molecule has 0 nitrogen and oxygen atoms in total. The maximum atomic E-state index is 2.58. The van der Waals surface area contributed by atoms with E-state index in [1.54, 1.807) is 37.4 Å². The van der Waals surface area contributed by atoms with Crippen molar-refractivity contribution in [1.82, 2.24) is 0 Å². The smallest absolute Gasteiger partial charge is 0.0595 e. The molecule has 0 aromatic heterocycles. The zero-order chi connectivity index (χ0) is 18.4. The SMILES string of the molecule is CCCCCCCCCC(CC)(CC)[Si]1(CC)CCCCCCCC1. The minimum atomic E-state index is -1.13. The predicted molar refractivity (Wildman–Crippen MR) is 119 cm³/mol. The first kappa shape index (κ1) is 23.3. The highest BCUT2D eigenvalue weighted by atomic mass is 28.3. The first-order valence-electron chi connectivity index (χ1n) is 12.2. The van der Waals surface area contributed by atoms with Crippen LogP contribution in [-0.2, 0) is 0 Å². The van der Waals surface area contributed by atoms with Gasteiger partial charge < -0.3 is 0 Å². The molecule has 1 saturated heterocycles. The summed E-state index contributed by atoms with van der Waals surface area (Å²) in [5, 5.41) is 0.759. The van der Waals surface area contributed by atoms with E-state index < -0.39 is 8.07 Å². The summed E-state index contributed by atoms with van der Waals surface area (Å²) in [6, 6.07) is 4.87. The first-order valence-corrected chi connectivity index (χ1v) is 14.8. The molecule has 0 N–H and O–H groups in total. The second-order valence-electron chi connectivity index (χ2n) is 9.11. The summed E-state index contributed by atoms with van der Waals surface area (Å²) in [5.74, 6) is 0. The molecule has 25 heavy (non-hydrogen) atoms. The van der Waals surface area contributed by atoms with E-state index in [2.05, 4.69) is 27.7 Å². The zero-order valence-corrected chi connectivity index (χ0v) is 19.4. The van der Waals surface area contributed by atoms with Gasteiger partial charge in [-0.2, -0.15) is 0 Å². The Morgan fingerprint density at radius 2 is 1.08 bits per heavy atom. The fourth-order valence-electron chi connectivity index (χ4n) is 6.06. The maximum absolute atomic E-state index is 2.58. The molecule has 1 aliphatic rings. The highest BCUT2D eigenvalue weighted by molar-refractivity contribution is 6.82. The van der Waals surface area contributed by atoms with Crippen LogP contribution < -0.4 is 0 Å². The van der Waals surface area contributed by atoms with Gasteiger partial charge in [-0.1, -0.05) is 142 Å². The van der Waals surface area contributed by atoms with Crippen LogP contribution in [0.15, 0.2) is 0 Å². The van der Waals surface area contributed by atoms with Gasteiger partial charge in [0.25, 0.3) is 0 Å². The van der Waals surface area contributed by atoms with E-state index >= 15 is 0 Å². The third-order valence-electron chi connectivity index (χ3n) is 7.97. The lowest BCUT2D eigenvalue weighted by molar-refractivity contribution is 0.419. The van der Waals surface area contributed by atoms with Gasteiger partial charge in [-0.3, -0.25) is 0 Å². The Balaban J connectivity index is 2.67. The number of rotatable bonds is 12. The number of hydrogen-bond donors (Lipinski definition) is 0. The van der Waals surface area contributed by atoms with Crippen molar-refractivity contribution in [3.63, 3.8) is 0 Å². The number of hydrogen-bond acceptors (Lipinski definition) is 0. The summed E-state index contributed by atoms with van der Waals surface area (Å²) < 4.78 is 0. The molecule has 0 aromatic carbocycles. The molecule has 1 heteroatoms. The van der Waals surface area contributed by atoms with Gasteiger partial charge in [0, 0.05) is 0 Å². The molecule has 1 heterocycles. The molecule has 0 unspecified atom stereocenters. The molecule has 0 aliphatic carbocycles. The minimum Gasteiger partial charge on any atom is -0.0678 e. The normalized spacial score (nSPS) is 19.2. The second-order valence-corrected chi connectivity index (χ2v) is 14.4. The van der Waals surface area contributed by atoms with Crippen molar-refractivity contribution in [1.29, 1.82) is 0 Å². The molecule has 0 atom stereocenters. The molecule has 0 spiro atoms. The van der Waals surface area contributed by atoms with Gasteiger partial charge in [-0.05, 0) is 11.5 Å². The van der Waals surface area contributed by atoms with Crippen molar-refractivity contribution in [3.05, 3.63) is 0 Å². The summed E-state index contributed by atoms with van der Waals surface area (Å²) in [5.41, 5.74) is 0. The summed E-state index contributed by atoms with van der Waals surface area (Å²) in [6.07, 6.45) is 24.0. The highest BCUT2D eigenvalue weighted by Gasteiger charge is 2.47. The van der Waals surface area contributed by atoms with Crippen molar-refractivity contribution in [2.45, 2.75) is 154 Å². The van der Waals surface area contributed by atoms with Crippen molar-refractivity contribution in [2.24, 2.45) is 0 Å². The van der Waals surface area contributed by atoms with Gasteiger partial charge in [0.05, 0.1) is 8.07 Å². The highest BCUT2D eigenvalue weighted by Crippen LogP contribution is 2.55. The van der Waals surface area contributed by atoms with E-state index in [-0.39, 0.29) is 0 Å². The summed E-state index contributed by atoms with van der Waals surface area (Å²) in [6.45, 7) is 9.99. The summed E-state index contributed by atoms with van der Waals surface area (Å²) in [4.78, 5) is 0. The standard InChI is InChI=1S/C24H50Si/c1-5-9-10-11-12-15-18-21-24(6-2,7-3)25(8-4)22-19-16-13-14-17-20-23-25/h5-23H2,1-4H3. The van der Waals surface area contributed by atoms with Crippen LogP contribution in [0.25, 0.3) is 0 Å². The second kappa shape index (κ2) is 13.4. The van der Waals surface area contributed by atoms with Crippen LogP contribution in [0, 0.1) is 0 Å². The van der Waals surface area contributed by atoms with Crippen LogP contribution in [0.5, 0.6) is 0 Å². The van der Waals surface area contributed by atoms with Gasteiger partial charge in [-0.25, -0.2) is 0 Å². The molecule has 150 valence electrons. The van der Waals surface area contributed by atoms with E-state index in [9.17, 15) is 0 Å². The van der Waals surface area contributed by atoms with Crippen LogP contribution in [-0.4, -0.2) is 8.07 Å². The topological polar surface area (TPSA) is 0 Å². The quantitative estimate of drug-likeness (QED) is 0.238. The molecule has 1 rings (SSSR count). The van der Waals surface area contributed by atoms with Crippen LogP contribution in [0.2, 0.25) is 23.2 Å². The molecule has 1 aliphatic heterocycles. The molecule has 0 amide bonds. The molecule has 0 radical (unpaired) electrons. The van der Waals surface area contributed by atoms with Gasteiger partial charge in [0.2, 0.25) is 0 Å². The van der Waals surface area contributed by atoms with E-state index in [4.69, 9.17) is 0 Å². The monoisotopic (exact) mass is 366 g/mol. The number of unbranched alkanes of at least 4 members (excludes halogenated alkanes) is 6. The van der Waals surface area contributed by atoms with Gasteiger partial charge in [0.1, 0.15) is 0 Å². The van der Waals surface area contributed by atoms with Crippen molar-refractivity contribution >= 4 is 8.07 Å². The Morgan fingerprint density at radius 3 is 1.56 bits per heavy atom. The molecular formula is C24H50Si. The Labute approximate surface area is 162 Å². The third kappa shape index (κ3) is 7.04. The Morgan fingerprint density at radius 1 is 0.600 bits per heavy atom. The van der Waals surface area contributed by atoms with Crippen molar-refractivity contribution in [2.75, 3.05) is 0 Å². The average Bonchev–Trinajstić information content (AvgIpc) is 2.77. The predicted octanol–water partition coefficient (Wildman–Crippen LogP) is 9.51. The summed E-state index contributed by atoms with van der Waals surface area (Å²) >= 11 is 0. The fourth-order valence-corrected chi connectivity index (χ4v) is 12.9. The lowest BCUT2D eigenvalue weighted by atomic mass is 9.94. The molecular weight excluding hydrogens is 316 g/mol. The molecule has 0 bridgehead atoms. The van der Waals surface area contributed by atoms with Crippen molar-refractivity contribution in [3.8, 4) is 0 Å².